The summed E-state index contributed by atoms with van der Waals surface area (Å²) in [5.74, 6) is 0.841. The molecule has 2 heterocycles. The largest absolute Gasteiger partial charge is 0.463 e. The van der Waals surface area contributed by atoms with Crippen LogP contribution in [-0.2, 0) is 0 Å². The van der Waals surface area contributed by atoms with Gasteiger partial charge in [-0.25, -0.2) is 4.68 Å². The van der Waals surface area contributed by atoms with Crippen molar-refractivity contribution >= 4 is 5.82 Å². The third-order valence-corrected chi connectivity index (χ3v) is 3.13. The molecule has 0 amide bonds. The fourth-order valence-corrected chi connectivity index (χ4v) is 2.11. The van der Waals surface area contributed by atoms with Gasteiger partial charge in [0.05, 0.1) is 12.0 Å². The summed E-state index contributed by atoms with van der Waals surface area (Å²) in [6.45, 7) is 1.97. The quantitative estimate of drug-likeness (QED) is 0.771. The molecule has 0 fully saturated rings. The molecule has 5 heteroatoms. The smallest absolute Gasteiger partial charge is 0.155 e. The number of nitrogens with two attached hydrogens (primary N) is 1. The summed E-state index contributed by atoms with van der Waals surface area (Å²) in [6.07, 6.45) is 1.54. The molecule has 20 heavy (non-hydrogen) atoms. The summed E-state index contributed by atoms with van der Waals surface area (Å²) in [7, 11) is 0. The lowest BCUT2D eigenvalue weighted by Crippen LogP contribution is -2.04. The molecule has 0 unspecified atom stereocenters. The van der Waals surface area contributed by atoms with E-state index >= 15 is 0 Å². The lowest BCUT2D eigenvalue weighted by atomic mass is 10.2. The number of hydrogen-bond acceptors (Lipinski definition) is 4. The Bertz CT molecular complexity index is 794. The molecule has 0 bridgehead atoms. The van der Waals surface area contributed by atoms with Crippen molar-refractivity contribution in [3.05, 3.63) is 53.8 Å². The van der Waals surface area contributed by atoms with Gasteiger partial charge in [-0.1, -0.05) is 18.2 Å². The second kappa shape index (κ2) is 4.59. The minimum Gasteiger partial charge on any atom is -0.463 e. The normalized spacial score (nSPS) is 10.4. The molecule has 1 aromatic carbocycles. The number of benzene rings is 1. The Labute approximate surface area is 115 Å². The maximum Gasteiger partial charge on any atom is 0.155 e. The lowest BCUT2D eigenvalue weighted by Gasteiger charge is -2.06. The Morgan fingerprint density at radius 1 is 1.25 bits per heavy atom. The number of para-hydroxylation sites is 1. The van der Waals surface area contributed by atoms with Gasteiger partial charge in [0.25, 0.3) is 0 Å². The van der Waals surface area contributed by atoms with Crippen molar-refractivity contribution < 1.29 is 4.42 Å². The van der Waals surface area contributed by atoms with E-state index in [-0.39, 0.29) is 0 Å². The number of nitrogen functional groups attached to an aromatic ring is 1. The fraction of sp³-hybridized carbons (Fsp3) is 0.0667. The monoisotopic (exact) mass is 264 g/mol. The Hall–Kier alpha value is -3.00. The van der Waals surface area contributed by atoms with Crippen molar-refractivity contribution in [3.8, 4) is 23.2 Å². The maximum atomic E-state index is 9.30. The van der Waals surface area contributed by atoms with Crippen molar-refractivity contribution in [3.63, 3.8) is 0 Å². The molecule has 0 saturated heterocycles. The van der Waals surface area contributed by atoms with E-state index in [0.717, 1.165) is 11.3 Å². The van der Waals surface area contributed by atoms with Crippen LogP contribution in [0.5, 0.6) is 0 Å². The van der Waals surface area contributed by atoms with E-state index in [1.807, 2.05) is 31.2 Å². The number of rotatable bonds is 2. The Balaban J connectivity index is 2.25. The third kappa shape index (κ3) is 1.75. The van der Waals surface area contributed by atoms with Gasteiger partial charge in [0.15, 0.2) is 5.76 Å². The SMILES string of the molecule is Cc1ccccc1-n1nc(-c2ccco2)c(C#N)c1N. The predicted molar refractivity (Wildman–Crippen MR) is 75.1 cm³/mol. The van der Waals surface area contributed by atoms with Crippen LogP contribution < -0.4 is 5.73 Å². The third-order valence-electron chi connectivity index (χ3n) is 3.13. The molecule has 0 spiro atoms. The summed E-state index contributed by atoms with van der Waals surface area (Å²) in [6, 6.07) is 13.3. The lowest BCUT2D eigenvalue weighted by molar-refractivity contribution is 0.579. The first-order valence-corrected chi connectivity index (χ1v) is 6.11. The number of hydrogen-bond donors (Lipinski definition) is 1. The van der Waals surface area contributed by atoms with Gasteiger partial charge >= 0.3 is 0 Å². The highest BCUT2D eigenvalue weighted by Crippen LogP contribution is 2.29. The highest BCUT2D eigenvalue weighted by Gasteiger charge is 2.20. The minimum atomic E-state index is 0.313. The summed E-state index contributed by atoms with van der Waals surface area (Å²) in [4.78, 5) is 0. The first-order chi connectivity index (χ1) is 9.72. The molecule has 0 atom stereocenters. The van der Waals surface area contributed by atoms with Crippen LogP contribution in [0.15, 0.2) is 47.1 Å². The van der Waals surface area contributed by atoms with Gasteiger partial charge in [0, 0.05) is 0 Å². The standard InChI is InChI=1S/C15H12N4O/c1-10-5-2-3-6-12(10)19-15(17)11(9-16)14(18-19)13-7-4-8-20-13/h2-8H,17H2,1H3. The van der Waals surface area contributed by atoms with E-state index in [2.05, 4.69) is 11.2 Å². The van der Waals surface area contributed by atoms with Gasteiger partial charge in [0.2, 0.25) is 0 Å². The summed E-state index contributed by atoms with van der Waals surface area (Å²) < 4.78 is 6.89. The van der Waals surface area contributed by atoms with E-state index in [0.29, 0.717) is 22.8 Å². The zero-order valence-corrected chi connectivity index (χ0v) is 10.9. The first kappa shape index (κ1) is 12.1. The number of nitrogens with zero attached hydrogens (tertiary/aromatic N) is 3. The molecule has 0 aliphatic rings. The highest BCUT2D eigenvalue weighted by atomic mass is 16.3. The average Bonchev–Trinajstić information content (AvgIpc) is 3.07. The minimum absolute atomic E-state index is 0.313. The predicted octanol–water partition coefficient (Wildman–Crippen LogP) is 2.89. The number of anilines is 1. The molecule has 0 saturated carbocycles. The van der Waals surface area contributed by atoms with E-state index < -0.39 is 0 Å². The Morgan fingerprint density at radius 2 is 2.05 bits per heavy atom. The molecular weight excluding hydrogens is 252 g/mol. The number of nitriles is 1. The molecule has 2 aromatic heterocycles. The molecule has 98 valence electrons. The summed E-state index contributed by atoms with van der Waals surface area (Å²) >= 11 is 0. The van der Waals surface area contributed by atoms with Gasteiger partial charge in [-0.2, -0.15) is 10.4 Å². The molecule has 3 rings (SSSR count). The van der Waals surface area contributed by atoms with Crippen molar-refractivity contribution in [2.24, 2.45) is 0 Å². The van der Waals surface area contributed by atoms with Crippen molar-refractivity contribution in [1.29, 1.82) is 5.26 Å². The second-order valence-corrected chi connectivity index (χ2v) is 4.40. The second-order valence-electron chi connectivity index (χ2n) is 4.40. The zero-order valence-electron chi connectivity index (χ0n) is 10.9. The zero-order chi connectivity index (χ0) is 14.1. The van der Waals surface area contributed by atoms with Crippen LogP contribution in [0.25, 0.3) is 17.1 Å². The van der Waals surface area contributed by atoms with Crippen molar-refractivity contribution in [1.82, 2.24) is 9.78 Å². The molecule has 5 nitrogen and oxygen atoms in total. The van der Waals surface area contributed by atoms with Gasteiger partial charge in [-0.05, 0) is 30.7 Å². The van der Waals surface area contributed by atoms with E-state index in [1.165, 1.54) is 0 Å². The molecule has 0 aliphatic heterocycles. The van der Waals surface area contributed by atoms with Crippen LogP contribution in [-0.4, -0.2) is 9.78 Å². The van der Waals surface area contributed by atoms with E-state index in [4.69, 9.17) is 10.2 Å². The molecule has 2 N–H and O–H groups in total. The summed E-state index contributed by atoms with van der Waals surface area (Å²) in [5, 5.41) is 13.7. The first-order valence-electron chi connectivity index (χ1n) is 6.11. The Kier molecular flexibility index (Phi) is 2.77. The van der Waals surface area contributed by atoms with Crippen LogP contribution in [0.3, 0.4) is 0 Å². The number of aromatic nitrogens is 2. The van der Waals surface area contributed by atoms with Gasteiger partial charge in [-0.3, -0.25) is 0 Å². The highest BCUT2D eigenvalue weighted by molar-refractivity contribution is 5.71. The van der Waals surface area contributed by atoms with E-state index in [9.17, 15) is 5.26 Å². The number of aryl methyl sites for hydroxylation is 1. The molecule has 0 aliphatic carbocycles. The number of furan rings is 1. The van der Waals surface area contributed by atoms with Crippen LogP contribution in [0.1, 0.15) is 11.1 Å². The van der Waals surface area contributed by atoms with Crippen molar-refractivity contribution in [2.75, 3.05) is 5.73 Å². The molecule has 0 radical (unpaired) electrons. The molecular formula is C15H12N4O. The van der Waals surface area contributed by atoms with Crippen molar-refractivity contribution in [2.45, 2.75) is 6.92 Å². The van der Waals surface area contributed by atoms with Gasteiger partial charge < -0.3 is 10.2 Å². The Morgan fingerprint density at radius 3 is 2.70 bits per heavy atom. The van der Waals surface area contributed by atoms with Crippen LogP contribution in [0.4, 0.5) is 5.82 Å². The molecule has 3 aromatic rings. The average molecular weight is 264 g/mol. The van der Waals surface area contributed by atoms with Crippen LogP contribution in [0, 0.1) is 18.3 Å². The van der Waals surface area contributed by atoms with Crippen LogP contribution >= 0.6 is 0 Å². The fourth-order valence-electron chi connectivity index (χ4n) is 2.11. The van der Waals surface area contributed by atoms with Gasteiger partial charge in [0.1, 0.15) is 23.1 Å². The van der Waals surface area contributed by atoms with Crippen LogP contribution in [0.2, 0.25) is 0 Å². The maximum absolute atomic E-state index is 9.30. The van der Waals surface area contributed by atoms with E-state index in [1.54, 1.807) is 23.1 Å². The summed E-state index contributed by atoms with van der Waals surface area (Å²) in [5.41, 5.74) is 8.71. The van der Waals surface area contributed by atoms with Gasteiger partial charge in [-0.15, -0.1) is 0 Å². The topological polar surface area (TPSA) is 80.8 Å².